The van der Waals surface area contributed by atoms with E-state index in [-0.39, 0.29) is 5.82 Å². The van der Waals surface area contributed by atoms with Gasteiger partial charge in [0.15, 0.2) is 0 Å². The Morgan fingerprint density at radius 1 is 1.25 bits per heavy atom. The molecule has 0 bridgehead atoms. The predicted molar refractivity (Wildman–Crippen MR) is 93.1 cm³/mol. The van der Waals surface area contributed by atoms with Crippen LogP contribution >= 0.6 is 0 Å². The maximum Gasteiger partial charge on any atom is 0.123 e. The summed E-state index contributed by atoms with van der Waals surface area (Å²) in [6.45, 7) is 7.84. The minimum atomic E-state index is -0.314. The van der Waals surface area contributed by atoms with Crippen LogP contribution in [0.3, 0.4) is 0 Å². The van der Waals surface area contributed by atoms with E-state index in [0.29, 0.717) is 22.6 Å². The van der Waals surface area contributed by atoms with Crippen LogP contribution < -0.4 is 0 Å². The molecule has 0 fully saturated rings. The molecule has 0 aliphatic rings. The van der Waals surface area contributed by atoms with Gasteiger partial charge in [0.05, 0.1) is 36.1 Å². The van der Waals surface area contributed by atoms with Gasteiger partial charge in [-0.15, -0.1) is 0 Å². The van der Waals surface area contributed by atoms with Crippen molar-refractivity contribution >= 4 is 16.7 Å². The number of benzene rings is 2. The van der Waals surface area contributed by atoms with Crippen LogP contribution in [0.1, 0.15) is 25.0 Å². The molecule has 3 aromatic rings. The highest BCUT2D eigenvalue weighted by Gasteiger charge is 2.13. The van der Waals surface area contributed by atoms with E-state index in [1.54, 1.807) is 35.1 Å². The van der Waals surface area contributed by atoms with E-state index in [1.807, 2.05) is 13.8 Å². The molecule has 0 amide bonds. The summed E-state index contributed by atoms with van der Waals surface area (Å²) in [4.78, 5) is 0. The van der Waals surface area contributed by atoms with Crippen LogP contribution in [0, 0.1) is 17.1 Å². The first-order valence-corrected chi connectivity index (χ1v) is 7.55. The van der Waals surface area contributed by atoms with Crippen molar-refractivity contribution in [3.63, 3.8) is 0 Å². The van der Waals surface area contributed by atoms with Crippen LogP contribution in [-0.4, -0.2) is 16.9 Å². The van der Waals surface area contributed by atoms with E-state index in [4.69, 9.17) is 4.74 Å². The predicted octanol–water partition coefficient (Wildman–Crippen LogP) is 4.68. The molecule has 4 nitrogen and oxygen atoms in total. The van der Waals surface area contributed by atoms with Crippen molar-refractivity contribution in [1.82, 2.24) is 9.78 Å². The van der Waals surface area contributed by atoms with Crippen LogP contribution in [0.4, 0.5) is 4.39 Å². The van der Waals surface area contributed by atoms with Gasteiger partial charge in [-0.1, -0.05) is 20.4 Å². The number of rotatable bonds is 3. The van der Waals surface area contributed by atoms with Gasteiger partial charge < -0.3 is 4.74 Å². The Bertz CT molecular complexity index is 905. The molecule has 0 aliphatic carbocycles. The lowest BCUT2D eigenvalue weighted by Gasteiger charge is -2.08. The summed E-state index contributed by atoms with van der Waals surface area (Å²) in [5, 5.41) is 14.4. The molecule has 0 N–H and O–H groups in total. The average Bonchev–Trinajstić information content (AvgIpc) is 3.06. The second-order valence-electron chi connectivity index (χ2n) is 4.73. The molecule has 0 spiro atoms. The molecule has 0 saturated heterocycles. The molecule has 0 unspecified atom stereocenters. The lowest BCUT2D eigenvalue weighted by molar-refractivity contribution is 0.372. The molecule has 0 aliphatic heterocycles. The minimum Gasteiger partial charge on any atom is -0.497 e. The Morgan fingerprint density at radius 2 is 1.92 bits per heavy atom. The first kappa shape index (κ1) is 17.2. The topological polar surface area (TPSA) is 50.8 Å². The van der Waals surface area contributed by atoms with Crippen molar-refractivity contribution in [3.05, 3.63) is 66.1 Å². The number of methoxy groups -OCH3 is 1. The highest BCUT2D eigenvalue weighted by atomic mass is 19.1. The normalized spacial score (nSPS) is 9.79. The van der Waals surface area contributed by atoms with E-state index in [0.717, 1.165) is 10.9 Å². The van der Waals surface area contributed by atoms with Crippen molar-refractivity contribution in [2.45, 2.75) is 13.8 Å². The summed E-state index contributed by atoms with van der Waals surface area (Å²) in [5.41, 5.74) is 2.63. The molecular formula is C19H18FN3O. The molecule has 0 radical (unpaired) electrons. The van der Waals surface area contributed by atoms with Gasteiger partial charge in [0.1, 0.15) is 11.6 Å². The molecule has 1 heterocycles. The van der Waals surface area contributed by atoms with E-state index >= 15 is 0 Å². The monoisotopic (exact) mass is 323 g/mol. The van der Waals surface area contributed by atoms with E-state index in [2.05, 4.69) is 17.7 Å². The van der Waals surface area contributed by atoms with Gasteiger partial charge in [-0.05, 0) is 36.4 Å². The Morgan fingerprint density at radius 3 is 2.50 bits per heavy atom. The lowest BCUT2D eigenvalue weighted by Crippen LogP contribution is -1.97. The highest BCUT2D eigenvalue weighted by molar-refractivity contribution is 5.92. The zero-order valence-electron chi connectivity index (χ0n) is 13.9. The molecule has 0 atom stereocenters. The number of fused-ring (bicyclic) bond motifs is 1. The van der Waals surface area contributed by atoms with E-state index in [9.17, 15) is 9.65 Å². The maximum atomic E-state index is 13.1. The van der Waals surface area contributed by atoms with Crippen molar-refractivity contribution in [2.24, 2.45) is 0 Å². The first-order valence-electron chi connectivity index (χ1n) is 7.55. The average molecular weight is 323 g/mol. The number of halogens is 1. The molecule has 2 aromatic carbocycles. The number of nitrogens with zero attached hydrogens (tertiary/aromatic N) is 3. The Balaban J connectivity index is 0.00000100. The quantitative estimate of drug-likeness (QED) is 0.658. The third-order valence-electron chi connectivity index (χ3n) is 3.44. The fourth-order valence-electron chi connectivity index (χ4n) is 2.32. The van der Waals surface area contributed by atoms with Gasteiger partial charge in [-0.25, -0.2) is 9.07 Å². The SMILES string of the molecule is C=C(OC)c1cc(C#N)cc2c1cnn2-c1ccc(F)cc1.CC. The highest BCUT2D eigenvalue weighted by Crippen LogP contribution is 2.28. The molecule has 0 saturated carbocycles. The minimum absolute atomic E-state index is 0.314. The second kappa shape index (κ2) is 7.42. The lowest BCUT2D eigenvalue weighted by atomic mass is 10.1. The zero-order valence-corrected chi connectivity index (χ0v) is 13.9. The largest absolute Gasteiger partial charge is 0.497 e. The molecule has 3 rings (SSSR count). The van der Waals surface area contributed by atoms with Gasteiger partial charge in [0, 0.05) is 10.9 Å². The summed E-state index contributed by atoms with van der Waals surface area (Å²) < 4.78 is 19.9. The number of hydrogen-bond acceptors (Lipinski definition) is 3. The number of hydrogen-bond donors (Lipinski definition) is 0. The van der Waals surface area contributed by atoms with Gasteiger partial charge in [0.25, 0.3) is 0 Å². The molecule has 1 aromatic heterocycles. The second-order valence-corrected chi connectivity index (χ2v) is 4.73. The van der Waals surface area contributed by atoms with Crippen LogP contribution in [0.5, 0.6) is 0 Å². The first-order chi connectivity index (χ1) is 11.6. The standard InChI is InChI=1S/C17H12FN3O.C2H6/c1-11(22-2)15-7-12(9-19)8-17-16(15)10-20-21(17)14-5-3-13(18)4-6-14;1-2/h3-8,10H,1H2,2H3;1-2H3. The maximum absolute atomic E-state index is 13.1. The summed E-state index contributed by atoms with van der Waals surface area (Å²) >= 11 is 0. The fourth-order valence-corrected chi connectivity index (χ4v) is 2.32. The molecule has 122 valence electrons. The van der Waals surface area contributed by atoms with Crippen LogP contribution in [0.15, 0.2) is 49.2 Å². The van der Waals surface area contributed by atoms with Crippen LogP contribution in [-0.2, 0) is 4.74 Å². The summed E-state index contributed by atoms with van der Waals surface area (Å²) in [7, 11) is 1.53. The number of ether oxygens (including phenoxy) is 1. The molecular weight excluding hydrogens is 305 g/mol. The fraction of sp³-hybridized carbons (Fsp3) is 0.158. The van der Waals surface area contributed by atoms with Gasteiger partial charge in [-0.3, -0.25) is 0 Å². The summed E-state index contributed by atoms with van der Waals surface area (Å²) in [6.07, 6.45) is 1.68. The Labute approximate surface area is 140 Å². The number of nitriles is 1. The van der Waals surface area contributed by atoms with Gasteiger partial charge >= 0.3 is 0 Å². The van der Waals surface area contributed by atoms with E-state index in [1.165, 1.54) is 19.2 Å². The smallest absolute Gasteiger partial charge is 0.123 e. The third-order valence-corrected chi connectivity index (χ3v) is 3.44. The van der Waals surface area contributed by atoms with Crippen molar-refractivity contribution in [3.8, 4) is 11.8 Å². The van der Waals surface area contributed by atoms with Gasteiger partial charge in [-0.2, -0.15) is 10.4 Å². The van der Waals surface area contributed by atoms with Crippen molar-refractivity contribution < 1.29 is 9.13 Å². The molecule has 5 heteroatoms. The molecule has 24 heavy (non-hydrogen) atoms. The third kappa shape index (κ3) is 3.13. The Kier molecular flexibility index (Phi) is 5.33. The van der Waals surface area contributed by atoms with E-state index < -0.39 is 0 Å². The zero-order chi connectivity index (χ0) is 17.7. The van der Waals surface area contributed by atoms with Crippen molar-refractivity contribution in [2.75, 3.05) is 7.11 Å². The van der Waals surface area contributed by atoms with Gasteiger partial charge in [0.2, 0.25) is 0 Å². The van der Waals surface area contributed by atoms with Crippen LogP contribution in [0.25, 0.3) is 22.3 Å². The summed E-state index contributed by atoms with van der Waals surface area (Å²) in [5.74, 6) is 0.145. The van der Waals surface area contributed by atoms with Crippen molar-refractivity contribution in [1.29, 1.82) is 5.26 Å². The van der Waals surface area contributed by atoms with Crippen LogP contribution in [0.2, 0.25) is 0 Å². The number of aromatic nitrogens is 2. The Hall–Kier alpha value is -3.13. The summed E-state index contributed by atoms with van der Waals surface area (Å²) in [6, 6.07) is 11.6.